The lowest BCUT2D eigenvalue weighted by molar-refractivity contribution is -0.131. The van der Waals surface area contributed by atoms with Crippen molar-refractivity contribution in [2.75, 3.05) is 19.7 Å². The molecule has 0 aliphatic heterocycles. The number of carbonyl (C=O) groups is 1. The average molecular weight is 337 g/mol. The molecule has 0 spiro atoms. The largest absolute Gasteiger partial charge is 0.395 e. The van der Waals surface area contributed by atoms with Crippen molar-refractivity contribution in [2.24, 2.45) is 0 Å². The first-order chi connectivity index (χ1) is 11.0. The smallest absolute Gasteiger partial charge is 0.259 e. The van der Waals surface area contributed by atoms with Crippen LogP contribution in [0.1, 0.15) is 36.0 Å². The van der Waals surface area contributed by atoms with Crippen molar-refractivity contribution in [1.29, 1.82) is 0 Å². The number of H-pyrrole nitrogens is 1. The number of aliphatic hydroxyl groups is 1. The molecule has 2 aromatic heterocycles. The van der Waals surface area contributed by atoms with Gasteiger partial charge >= 0.3 is 0 Å². The third kappa shape index (κ3) is 3.97. The van der Waals surface area contributed by atoms with Gasteiger partial charge < -0.3 is 15.0 Å². The number of nitrogens with one attached hydrogen (secondary N) is 1. The van der Waals surface area contributed by atoms with E-state index in [9.17, 15) is 9.59 Å². The van der Waals surface area contributed by atoms with Gasteiger partial charge in [-0.25, -0.2) is 4.98 Å². The van der Waals surface area contributed by atoms with Crippen molar-refractivity contribution < 1.29 is 9.90 Å². The molecular formula is C16H23N3O3S. The van der Waals surface area contributed by atoms with Gasteiger partial charge in [-0.05, 0) is 25.8 Å². The number of aromatic nitrogens is 2. The van der Waals surface area contributed by atoms with Crippen LogP contribution >= 0.6 is 11.3 Å². The van der Waals surface area contributed by atoms with Crippen LogP contribution in [0.4, 0.5) is 0 Å². The lowest BCUT2D eigenvalue weighted by Gasteiger charge is -2.20. The van der Waals surface area contributed by atoms with E-state index in [-0.39, 0.29) is 24.5 Å². The summed E-state index contributed by atoms with van der Waals surface area (Å²) in [6.45, 7) is 6.82. The minimum Gasteiger partial charge on any atom is -0.395 e. The Morgan fingerprint density at radius 1 is 1.35 bits per heavy atom. The van der Waals surface area contributed by atoms with Gasteiger partial charge in [-0.2, -0.15) is 0 Å². The molecule has 0 unspecified atom stereocenters. The molecule has 0 atom stereocenters. The Bertz CT molecular complexity index is 745. The van der Waals surface area contributed by atoms with Gasteiger partial charge in [0.25, 0.3) is 5.56 Å². The first-order valence-corrected chi connectivity index (χ1v) is 8.67. The summed E-state index contributed by atoms with van der Waals surface area (Å²) in [6, 6.07) is 0. The maximum Gasteiger partial charge on any atom is 0.259 e. The third-order valence-electron chi connectivity index (χ3n) is 3.88. The number of aliphatic hydroxyl groups excluding tert-OH is 1. The molecule has 6 nitrogen and oxygen atoms in total. The number of hydrogen-bond donors (Lipinski definition) is 2. The molecule has 0 aromatic carbocycles. The lowest BCUT2D eigenvalue weighted by Crippen LogP contribution is -2.34. The number of hydrogen-bond acceptors (Lipinski definition) is 5. The zero-order valence-corrected chi connectivity index (χ0v) is 14.6. The zero-order chi connectivity index (χ0) is 17.0. The van der Waals surface area contributed by atoms with Crippen LogP contribution in [0.2, 0.25) is 0 Å². The summed E-state index contributed by atoms with van der Waals surface area (Å²) in [5.74, 6) is 0.514. The molecule has 0 aliphatic rings. The summed E-state index contributed by atoms with van der Waals surface area (Å²) in [5.41, 5.74) is 0.832. The zero-order valence-electron chi connectivity index (χ0n) is 13.8. The van der Waals surface area contributed by atoms with E-state index in [1.54, 1.807) is 4.90 Å². The Kier molecular flexibility index (Phi) is 5.90. The molecule has 2 rings (SSSR count). The van der Waals surface area contributed by atoms with E-state index in [0.717, 1.165) is 21.7 Å². The van der Waals surface area contributed by atoms with Crippen molar-refractivity contribution in [3.63, 3.8) is 0 Å². The molecule has 0 aliphatic carbocycles. The molecule has 0 radical (unpaired) electrons. The Hall–Kier alpha value is -1.73. The SMILES string of the molecule is CCCN(CCO)C(=O)CCc1nc2sc(C)c(C)c2c(=O)[nH]1. The fourth-order valence-corrected chi connectivity index (χ4v) is 3.60. The van der Waals surface area contributed by atoms with Gasteiger partial charge in [-0.3, -0.25) is 9.59 Å². The first kappa shape index (κ1) is 17.6. The molecule has 0 bridgehead atoms. The summed E-state index contributed by atoms with van der Waals surface area (Å²) in [7, 11) is 0. The highest BCUT2D eigenvalue weighted by Crippen LogP contribution is 2.25. The molecule has 126 valence electrons. The van der Waals surface area contributed by atoms with Crippen LogP contribution < -0.4 is 5.56 Å². The van der Waals surface area contributed by atoms with Gasteiger partial charge in [0, 0.05) is 30.8 Å². The van der Waals surface area contributed by atoms with Gasteiger partial charge in [-0.15, -0.1) is 11.3 Å². The van der Waals surface area contributed by atoms with Crippen LogP contribution in [-0.4, -0.2) is 45.6 Å². The Balaban J connectivity index is 2.13. The molecule has 2 aromatic rings. The highest BCUT2D eigenvalue weighted by Gasteiger charge is 2.15. The molecule has 2 heterocycles. The van der Waals surface area contributed by atoms with Crippen LogP contribution in [-0.2, 0) is 11.2 Å². The first-order valence-electron chi connectivity index (χ1n) is 7.85. The van der Waals surface area contributed by atoms with Crippen molar-refractivity contribution >= 4 is 27.5 Å². The second-order valence-corrected chi connectivity index (χ2v) is 6.78. The Labute approximate surface area is 139 Å². The van der Waals surface area contributed by atoms with Crippen molar-refractivity contribution in [1.82, 2.24) is 14.9 Å². The minimum absolute atomic E-state index is 0.0258. The molecule has 0 saturated heterocycles. The summed E-state index contributed by atoms with van der Waals surface area (Å²) < 4.78 is 0. The van der Waals surface area contributed by atoms with Crippen LogP contribution in [0.3, 0.4) is 0 Å². The van der Waals surface area contributed by atoms with E-state index < -0.39 is 0 Å². The molecule has 0 saturated carbocycles. The number of nitrogens with zero attached hydrogens (tertiary/aromatic N) is 2. The highest BCUT2D eigenvalue weighted by molar-refractivity contribution is 7.18. The molecule has 23 heavy (non-hydrogen) atoms. The van der Waals surface area contributed by atoms with Crippen molar-refractivity contribution in [3.05, 3.63) is 26.6 Å². The van der Waals surface area contributed by atoms with Crippen LogP contribution in [0, 0.1) is 13.8 Å². The van der Waals surface area contributed by atoms with Gasteiger partial charge in [0.05, 0.1) is 12.0 Å². The van der Waals surface area contributed by atoms with Gasteiger partial charge in [0.2, 0.25) is 5.91 Å². The maximum atomic E-state index is 12.2. The predicted molar refractivity (Wildman–Crippen MR) is 92.0 cm³/mol. The summed E-state index contributed by atoms with van der Waals surface area (Å²) >= 11 is 1.50. The third-order valence-corrected chi connectivity index (χ3v) is 4.98. The van der Waals surface area contributed by atoms with E-state index in [2.05, 4.69) is 9.97 Å². The van der Waals surface area contributed by atoms with Crippen LogP contribution in [0.25, 0.3) is 10.2 Å². The second kappa shape index (κ2) is 7.70. The number of rotatable bonds is 7. The van der Waals surface area contributed by atoms with Crippen LogP contribution in [0.15, 0.2) is 4.79 Å². The topological polar surface area (TPSA) is 86.3 Å². The number of thiophene rings is 1. The van der Waals surface area contributed by atoms with E-state index in [1.165, 1.54) is 11.3 Å². The quantitative estimate of drug-likeness (QED) is 0.806. The van der Waals surface area contributed by atoms with Gasteiger partial charge in [0.1, 0.15) is 10.7 Å². The molecule has 2 N–H and O–H groups in total. The predicted octanol–water partition coefficient (Wildman–Crippen LogP) is 1.76. The fraction of sp³-hybridized carbons (Fsp3) is 0.562. The molecule has 7 heteroatoms. The van der Waals surface area contributed by atoms with Gasteiger partial charge in [-0.1, -0.05) is 6.92 Å². The summed E-state index contributed by atoms with van der Waals surface area (Å²) in [6.07, 6.45) is 1.52. The van der Waals surface area contributed by atoms with E-state index in [1.807, 2.05) is 20.8 Å². The monoisotopic (exact) mass is 337 g/mol. The lowest BCUT2D eigenvalue weighted by atomic mass is 10.2. The van der Waals surface area contributed by atoms with Crippen molar-refractivity contribution in [2.45, 2.75) is 40.0 Å². The molecule has 0 fully saturated rings. The Morgan fingerprint density at radius 3 is 2.74 bits per heavy atom. The number of fused-ring (bicyclic) bond motifs is 1. The second-order valence-electron chi connectivity index (χ2n) is 5.58. The van der Waals surface area contributed by atoms with E-state index >= 15 is 0 Å². The normalized spacial score (nSPS) is 11.1. The number of aromatic amines is 1. The van der Waals surface area contributed by atoms with E-state index in [4.69, 9.17) is 5.11 Å². The number of aryl methyl sites for hydroxylation is 3. The number of carbonyl (C=O) groups excluding carboxylic acids is 1. The molecular weight excluding hydrogens is 314 g/mol. The fourth-order valence-electron chi connectivity index (χ4n) is 2.55. The van der Waals surface area contributed by atoms with E-state index in [0.29, 0.717) is 30.7 Å². The maximum absolute atomic E-state index is 12.2. The minimum atomic E-state index is -0.139. The van der Waals surface area contributed by atoms with Gasteiger partial charge in [0.15, 0.2) is 0 Å². The van der Waals surface area contributed by atoms with Crippen LogP contribution in [0.5, 0.6) is 0 Å². The average Bonchev–Trinajstić information content (AvgIpc) is 2.79. The standard InChI is InChI=1S/C16H23N3O3S/c1-4-7-19(8-9-20)13(21)6-5-12-17-15(22)14-10(2)11(3)23-16(14)18-12/h20H,4-9H2,1-3H3,(H,17,18,22). The Morgan fingerprint density at radius 2 is 2.09 bits per heavy atom. The summed E-state index contributed by atoms with van der Waals surface area (Å²) in [4.78, 5) is 35.1. The van der Waals surface area contributed by atoms with Crippen molar-refractivity contribution in [3.8, 4) is 0 Å². The summed E-state index contributed by atoms with van der Waals surface area (Å²) in [5, 5.41) is 9.68. The highest BCUT2D eigenvalue weighted by atomic mass is 32.1. The number of amides is 1. The molecule has 1 amide bonds.